The van der Waals surface area contributed by atoms with Crippen molar-refractivity contribution < 1.29 is 19.1 Å². The van der Waals surface area contributed by atoms with Crippen molar-refractivity contribution in [2.75, 3.05) is 13.2 Å². The predicted molar refractivity (Wildman–Crippen MR) is 100 cm³/mol. The average molecular weight is 355 g/mol. The van der Waals surface area contributed by atoms with Crippen molar-refractivity contribution in [3.63, 3.8) is 0 Å². The van der Waals surface area contributed by atoms with Gasteiger partial charge in [-0.1, -0.05) is 43.2 Å². The number of benzene rings is 2. The Kier molecular flexibility index (Phi) is 7.68. The normalized spacial score (nSPS) is 10.2. The molecule has 0 aliphatic rings. The third kappa shape index (κ3) is 6.59. The molecule has 138 valence electrons. The van der Waals surface area contributed by atoms with Crippen molar-refractivity contribution >= 4 is 11.9 Å². The summed E-state index contributed by atoms with van der Waals surface area (Å²) in [6.07, 6.45) is 2.06. The molecular formula is C21H25NO4. The van der Waals surface area contributed by atoms with E-state index < -0.39 is 5.97 Å². The highest BCUT2D eigenvalue weighted by atomic mass is 16.5. The molecule has 2 rings (SSSR count). The van der Waals surface area contributed by atoms with E-state index in [-0.39, 0.29) is 19.1 Å². The SMILES string of the molecule is CCCCOc1ccc(C(=O)NCC(=O)OCc2cccc(C)c2)cc1. The van der Waals surface area contributed by atoms with Crippen LogP contribution in [0.3, 0.4) is 0 Å². The number of esters is 1. The van der Waals surface area contributed by atoms with Gasteiger partial charge in [0.05, 0.1) is 6.61 Å². The van der Waals surface area contributed by atoms with Crippen LogP contribution in [0.15, 0.2) is 48.5 Å². The van der Waals surface area contributed by atoms with Crippen molar-refractivity contribution in [2.45, 2.75) is 33.3 Å². The molecule has 0 bridgehead atoms. The van der Waals surface area contributed by atoms with Crippen molar-refractivity contribution in [1.82, 2.24) is 5.32 Å². The minimum Gasteiger partial charge on any atom is -0.494 e. The second-order valence-corrected chi connectivity index (χ2v) is 6.06. The van der Waals surface area contributed by atoms with E-state index in [9.17, 15) is 9.59 Å². The van der Waals surface area contributed by atoms with E-state index in [1.807, 2.05) is 31.2 Å². The first kappa shape index (κ1) is 19.5. The van der Waals surface area contributed by atoms with Crippen molar-refractivity contribution in [2.24, 2.45) is 0 Å². The van der Waals surface area contributed by atoms with Gasteiger partial charge in [0.1, 0.15) is 18.9 Å². The molecular weight excluding hydrogens is 330 g/mol. The number of carbonyl (C=O) groups is 2. The molecule has 0 spiro atoms. The summed E-state index contributed by atoms with van der Waals surface area (Å²) in [4.78, 5) is 23.9. The first-order chi connectivity index (χ1) is 12.6. The largest absolute Gasteiger partial charge is 0.494 e. The summed E-state index contributed by atoms with van der Waals surface area (Å²) in [6, 6.07) is 14.6. The molecule has 0 atom stereocenters. The van der Waals surface area contributed by atoms with Crippen LogP contribution in [0.5, 0.6) is 5.75 Å². The molecule has 0 unspecified atom stereocenters. The van der Waals surface area contributed by atoms with Crippen molar-refractivity contribution in [3.05, 3.63) is 65.2 Å². The highest BCUT2D eigenvalue weighted by Gasteiger charge is 2.09. The molecule has 0 aromatic heterocycles. The van der Waals surface area contributed by atoms with E-state index in [4.69, 9.17) is 9.47 Å². The second-order valence-electron chi connectivity index (χ2n) is 6.06. The first-order valence-electron chi connectivity index (χ1n) is 8.80. The third-order valence-electron chi connectivity index (χ3n) is 3.76. The maximum Gasteiger partial charge on any atom is 0.325 e. The topological polar surface area (TPSA) is 64.6 Å². The van der Waals surface area contributed by atoms with Gasteiger partial charge in [0.15, 0.2) is 0 Å². The zero-order valence-corrected chi connectivity index (χ0v) is 15.3. The van der Waals surface area contributed by atoms with Gasteiger partial charge in [-0.2, -0.15) is 0 Å². The van der Waals surface area contributed by atoms with Crippen molar-refractivity contribution in [3.8, 4) is 5.75 Å². The molecule has 0 heterocycles. The Bertz CT molecular complexity index is 725. The molecule has 2 aromatic rings. The zero-order chi connectivity index (χ0) is 18.8. The number of aryl methyl sites for hydroxylation is 1. The lowest BCUT2D eigenvalue weighted by Crippen LogP contribution is -2.30. The van der Waals surface area contributed by atoms with Gasteiger partial charge in [0.25, 0.3) is 5.91 Å². The smallest absolute Gasteiger partial charge is 0.325 e. The summed E-state index contributed by atoms with van der Waals surface area (Å²) >= 11 is 0. The van der Waals surface area contributed by atoms with Crippen LogP contribution in [0.25, 0.3) is 0 Å². The van der Waals surface area contributed by atoms with Gasteiger partial charge in [0.2, 0.25) is 0 Å². The molecule has 1 amide bonds. The van der Waals surface area contributed by atoms with E-state index >= 15 is 0 Å². The number of ether oxygens (including phenoxy) is 2. The van der Waals surface area contributed by atoms with Crippen LogP contribution in [0, 0.1) is 6.92 Å². The number of nitrogens with one attached hydrogen (secondary N) is 1. The lowest BCUT2D eigenvalue weighted by molar-refractivity contribution is -0.143. The van der Waals surface area contributed by atoms with E-state index in [0.29, 0.717) is 12.2 Å². The summed E-state index contributed by atoms with van der Waals surface area (Å²) in [6.45, 7) is 4.77. The molecule has 0 aliphatic heterocycles. The van der Waals surface area contributed by atoms with Gasteiger partial charge < -0.3 is 14.8 Å². The fraction of sp³-hybridized carbons (Fsp3) is 0.333. The molecule has 0 fully saturated rings. The monoisotopic (exact) mass is 355 g/mol. The fourth-order valence-corrected chi connectivity index (χ4v) is 2.31. The summed E-state index contributed by atoms with van der Waals surface area (Å²) in [5, 5.41) is 2.56. The van der Waals surface area contributed by atoms with Crippen molar-refractivity contribution in [1.29, 1.82) is 0 Å². The highest BCUT2D eigenvalue weighted by Crippen LogP contribution is 2.12. The maximum atomic E-state index is 12.1. The Morgan fingerprint density at radius 2 is 1.85 bits per heavy atom. The lowest BCUT2D eigenvalue weighted by Gasteiger charge is -2.08. The molecule has 5 nitrogen and oxygen atoms in total. The quantitative estimate of drug-likeness (QED) is 0.551. The van der Waals surface area contributed by atoms with E-state index in [1.165, 1.54) is 0 Å². The Morgan fingerprint density at radius 1 is 1.08 bits per heavy atom. The average Bonchev–Trinajstić information content (AvgIpc) is 2.65. The molecule has 0 aliphatic carbocycles. The van der Waals surface area contributed by atoms with Crippen LogP contribution in [0.4, 0.5) is 0 Å². The van der Waals surface area contributed by atoms with Crippen LogP contribution >= 0.6 is 0 Å². The number of hydrogen-bond donors (Lipinski definition) is 1. The first-order valence-corrected chi connectivity index (χ1v) is 8.80. The van der Waals surface area contributed by atoms with Gasteiger partial charge >= 0.3 is 5.97 Å². The molecule has 2 aromatic carbocycles. The van der Waals surface area contributed by atoms with Crippen LogP contribution in [0.1, 0.15) is 41.3 Å². The third-order valence-corrected chi connectivity index (χ3v) is 3.76. The Balaban J connectivity index is 1.74. The van der Waals surface area contributed by atoms with Crippen LogP contribution in [-0.2, 0) is 16.1 Å². The zero-order valence-electron chi connectivity index (χ0n) is 15.3. The molecule has 1 N–H and O–H groups in total. The van der Waals surface area contributed by atoms with Crippen LogP contribution in [-0.4, -0.2) is 25.0 Å². The van der Waals surface area contributed by atoms with Gasteiger partial charge in [-0.3, -0.25) is 9.59 Å². The standard InChI is InChI=1S/C21H25NO4/c1-3-4-12-25-19-10-8-18(9-11-19)21(24)22-14-20(23)26-15-17-7-5-6-16(2)13-17/h5-11,13H,3-4,12,14-15H2,1-2H3,(H,22,24). The Labute approximate surface area is 154 Å². The maximum absolute atomic E-state index is 12.1. The van der Waals surface area contributed by atoms with E-state index in [0.717, 1.165) is 29.7 Å². The predicted octanol–water partition coefficient (Wildman–Crippen LogP) is 3.65. The Morgan fingerprint density at radius 3 is 2.54 bits per heavy atom. The molecule has 0 saturated carbocycles. The van der Waals surface area contributed by atoms with Gasteiger partial charge in [-0.15, -0.1) is 0 Å². The fourth-order valence-electron chi connectivity index (χ4n) is 2.31. The van der Waals surface area contributed by atoms with E-state index in [2.05, 4.69) is 12.2 Å². The lowest BCUT2D eigenvalue weighted by atomic mass is 10.1. The minimum absolute atomic E-state index is 0.167. The summed E-state index contributed by atoms with van der Waals surface area (Å²) < 4.78 is 10.7. The number of unbranched alkanes of at least 4 members (excludes halogenated alkanes) is 1. The summed E-state index contributed by atoms with van der Waals surface area (Å²) in [7, 11) is 0. The highest BCUT2D eigenvalue weighted by molar-refractivity contribution is 5.96. The summed E-state index contributed by atoms with van der Waals surface area (Å²) in [5.74, 6) is -0.0652. The van der Waals surface area contributed by atoms with Crippen LogP contribution < -0.4 is 10.1 Å². The summed E-state index contributed by atoms with van der Waals surface area (Å²) in [5.41, 5.74) is 2.50. The van der Waals surface area contributed by atoms with Gasteiger partial charge in [-0.05, 0) is 43.2 Å². The molecule has 26 heavy (non-hydrogen) atoms. The van der Waals surface area contributed by atoms with Gasteiger partial charge in [-0.25, -0.2) is 0 Å². The molecule has 0 radical (unpaired) electrons. The van der Waals surface area contributed by atoms with E-state index in [1.54, 1.807) is 24.3 Å². The van der Waals surface area contributed by atoms with Gasteiger partial charge in [0, 0.05) is 5.56 Å². The number of rotatable bonds is 9. The molecule has 0 saturated heterocycles. The van der Waals surface area contributed by atoms with Crippen LogP contribution in [0.2, 0.25) is 0 Å². The number of amides is 1. The second kappa shape index (κ2) is 10.2. The Hall–Kier alpha value is -2.82. The number of carbonyl (C=O) groups excluding carboxylic acids is 2. The number of hydrogen-bond acceptors (Lipinski definition) is 4. The molecule has 5 heteroatoms. The minimum atomic E-state index is -0.473.